The highest BCUT2D eigenvalue weighted by atomic mass is 32.1. The van der Waals surface area contributed by atoms with Gasteiger partial charge in [0.15, 0.2) is 17.5 Å². The lowest BCUT2D eigenvalue weighted by molar-refractivity contribution is 0.668. The molecule has 288 valence electrons. The summed E-state index contributed by atoms with van der Waals surface area (Å²) in [7, 11) is 0. The van der Waals surface area contributed by atoms with Crippen LogP contribution in [0.4, 0.5) is 0 Å². The Kier molecular flexibility index (Phi) is 6.89. The molecule has 14 aromatic rings. The number of aromatic nitrogens is 4. The lowest BCUT2D eigenvalue weighted by Gasteiger charge is -2.15. The Hall–Kier alpha value is -8.13. The summed E-state index contributed by atoms with van der Waals surface area (Å²) < 4.78 is 18.0. The predicted molar refractivity (Wildman–Crippen MR) is 255 cm³/mol. The van der Waals surface area contributed by atoms with Crippen LogP contribution in [0.3, 0.4) is 0 Å². The predicted octanol–water partition coefficient (Wildman–Crippen LogP) is 15.3. The number of hydrogen-bond acceptors (Lipinski definition) is 6. The zero-order chi connectivity index (χ0) is 40.5. The van der Waals surface area contributed by atoms with Crippen molar-refractivity contribution in [1.82, 2.24) is 19.5 Å². The summed E-state index contributed by atoms with van der Waals surface area (Å²) in [5, 5.41) is 11.2. The van der Waals surface area contributed by atoms with Crippen LogP contribution >= 0.6 is 11.3 Å². The third-order valence-corrected chi connectivity index (χ3v) is 13.7. The molecule has 14 rings (SSSR count). The molecule has 0 aliphatic heterocycles. The van der Waals surface area contributed by atoms with E-state index >= 15 is 0 Å². The van der Waals surface area contributed by atoms with Gasteiger partial charge in [-0.1, -0.05) is 121 Å². The van der Waals surface area contributed by atoms with E-state index in [0.717, 1.165) is 82.0 Å². The lowest BCUT2D eigenvalue weighted by atomic mass is 10.0. The van der Waals surface area contributed by atoms with Gasteiger partial charge in [-0.25, -0.2) is 15.0 Å². The van der Waals surface area contributed by atoms with E-state index in [1.54, 1.807) is 11.3 Å². The zero-order valence-corrected chi connectivity index (χ0v) is 33.7. The fourth-order valence-electron chi connectivity index (χ4n) is 9.62. The van der Waals surface area contributed by atoms with Crippen LogP contribution in [0, 0.1) is 0 Å². The van der Waals surface area contributed by atoms with Crippen molar-refractivity contribution in [1.29, 1.82) is 0 Å². The summed E-state index contributed by atoms with van der Waals surface area (Å²) in [6.07, 6.45) is 0. The average molecular weight is 811 g/mol. The van der Waals surface area contributed by atoms with Crippen molar-refractivity contribution >= 4 is 108 Å². The van der Waals surface area contributed by atoms with Gasteiger partial charge in [-0.05, 0) is 71.4 Å². The molecule has 6 nitrogen and oxygen atoms in total. The molecule has 0 unspecified atom stereocenters. The van der Waals surface area contributed by atoms with E-state index in [2.05, 4.69) is 156 Å². The molecular formula is C55H30N4O2S. The standard InChI is InChI=1S/C55H30N4O2S/c1-2-14-32-28-45-41(27-31(32)13-1)33-15-3-7-23-44(33)59(45)46-29-42-35-17-5-8-24-47(35)60-49(42)30-43(46)55-57-53(39-21-11-19-37-34-16-4-9-25-48(34)61-51(37)39)56-54(58-55)40-22-12-20-38-36-18-6-10-26-50(36)62-52(38)40/h1-30H. The number of fused-ring (bicyclic) bond motifs is 13. The SMILES string of the molecule is c1ccc2cc3c(cc2c1)c1ccccc1n3-c1cc2c(cc1-c1nc(-c3cccc4c3oc3ccccc34)nc(-c3cccc4c3sc3ccccc34)n1)oc1ccccc12. The number of para-hydroxylation sites is 4. The molecule has 0 saturated carbocycles. The summed E-state index contributed by atoms with van der Waals surface area (Å²) in [6.45, 7) is 0. The molecule has 0 N–H and O–H groups in total. The molecule has 9 aromatic carbocycles. The van der Waals surface area contributed by atoms with Crippen molar-refractivity contribution in [3.63, 3.8) is 0 Å². The molecule has 7 heteroatoms. The van der Waals surface area contributed by atoms with Crippen LogP contribution in [0.2, 0.25) is 0 Å². The Morgan fingerprint density at radius 1 is 0.371 bits per heavy atom. The van der Waals surface area contributed by atoms with Crippen LogP contribution in [0.25, 0.3) is 136 Å². The number of hydrogen-bond donors (Lipinski definition) is 0. The molecule has 0 aliphatic carbocycles. The van der Waals surface area contributed by atoms with Crippen molar-refractivity contribution in [2.45, 2.75) is 0 Å². The van der Waals surface area contributed by atoms with Crippen molar-refractivity contribution < 1.29 is 8.83 Å². The van der Waals surface area contributed by atoms with E-state index in [9.17, 15) is 0 Å². The number of benzene rings is 9. The molecule has 0 fully saturated rings. The second-order valence-electron chi connectivity index (χ2n) is 15.9. The molecule has 0 radical (unpaired) electrons. The van der Waals surface area contributed by atoms with Crippen LogP contribution in [0.15, 0.2) is 191 Å². The fourth-order valence-corrected chi connectivity index (χ4v) is 10.8. The minimum absolute atomic E-state index is 0.525. The first kappa shape index (κ1) is 33.7. The molecule has 0 atom stereocenters. The second kappa shape index (κ2) is 12.7. The molecule has 5 aromatic heterocycles. The Labute approximate surface area is 356 Å². The quantitative estimate of drug-likeness (QED) is 0.177. The van der Waals surface area contributed by atoms with Crippen molar-refractivity contribution in [3.8, 4) is 39.9 Å². The molecule has 5 heterocycles. The minimum Gasteiger partial charge on any atom is -0.456 e. The lowest BCUT2D eigenvalue weighted by Crippen LogP contribution is -2.04. The van der Waals surface area contributed by atoms with E-state index in [-0.39, 0.29) is 0 Å². The summed E-state index contributed by atoms with van der Waals surface area (Å²) in [4.78, 5) is 16.3. The summed E-state index contributed by atoms with van der Waals surface area (Å²) in [5.74, 6) is 1.64. The number of thiophene rings is 1. The molecule has 0 amide bonds. The van der Waals surface area contributed by atoms with Gasteiger partial charge < -0.3 is 13.4 Å². The van der Waals surface area contributed by atoms with Gasteiger partial charge in [0.2, 0.25) is 0 Å². The molecule has 0 spiro atoms. The topological polar surface area (TPSA) is 69.9 Å². The molecule has 62 heavy (non-hydrogen) atoms. The summed E-state index contributed by atoms with van der Waals surface area (Å²) in [6, 6.07) is 63.8. The number of nitrogens with zero attached hydrogens (tertiary/aromatic N) is 4. The first-order valence-corrected chi connectivity index (χ1v) is 21.5. The second-order valence-corrected chi connectivity index (χ2v) is 17.0. The first-order valence-electron chi connectivity index (χ1n) is 20.7. The fraction of sp³-hybridized carbons (Fsp3) is 0. The first-order chi connectivity index (χ1) is 30.7. The van der Waals surface area contributed by atoms with E-state index in [1.807, 2.05) is 30.3 Å². The Morgan fingerprint density at radius 3 is 1.79 bits per heavy atom. The van der Waals surface area contributed by atoms with Crippen LogP contribution in [0.5, 0.6) is 0 Å². The highest BCUT2D eigenvalue weighted by Gasteiger charge is 2.24. The number of furan rings is 2. The van der Waals surface area contributed by atoms with Crippen LogP contribution < -0.4 is 0 Å². The van der Waals surface area contributed by atoms with Crippen molar-refractivity contribution in [2.75, 3.05) is 0 Å². The Bertz CT molecular complexity index is 4060. The molecule has 0 saturated heterocycles. The van der Waals surface area contributed by atoms with E-state index in [4.69, 9.17) is 23.8 Å². The zero-order valence-electron chi connectivity index (χ0n) is 32.8. The van der Waals surface area contributed by atoms with Gasteiger partial charge >= 0.3 is 0 Å². The number of rotatable bonds is 4. The van der Waals surface area contributed by atoms with Crippen LogP contribution in [-0.2, 0) is 0 Å². The van der Waals surface area contributed by atoms with Crippen LogP contribution in [-0.4, -0.2) is 19.5 Å². The van der Waals surface area contributed by atoms with Gasteiger partial charge in [0.25, 0.3) is 0 Å². The highest BCUT2D eigenvalue weighted by Crippen LogP contribution is 2.44. The van der Waals surface area contributed by atoms with E-state index < -0.39 is 0 Å². The van der Waals surface area contributed by atoms with E-state index in [0.29, 0.717) is 17.5 Å². The van der Waals surface area contributed by atoms with Gasteiger partial charge in [0, 0.05) is 63.6 Å². The Balaban J connectivity index is 1.12. The smallest absolute Gasteiger partial charge is 0.167 e. The van der Waals surface area contributed by atoms with E-state index in [1.165, 1.54) is 37.0 Å². The average Bonchev–Trinajstić information content (AvgIpc) is 4.09. The Morgan fingerprint density at radius 2 is 0.968 bits per heavy atom. The summed E-state index contributed by atoms with van der Waals surface area (Å²) in [5.41, 5.74) is 8.80. The largest absolute Gasteiger partial charge is 0.456 e. The van der Waals surface area contributed by atoms with Gasteiger partial charge in [0.05, 0.1) is 22.3 Å². The maximum absolute atomic E-state index is 6.64. The third kappa shape index (κ3) is 4.82. The van der Waals surface area contributed by atoms with Gasteiger partial charge in [-0.15, -0.1) is 11.3 Å². The van der Waals surface area contributed by atoms with Crippen molar-refractivity contribution in [2.24, 2.45) is 0 Å². The van der Waals surface area contributed by atoms with Crippen LogP contribution in [0.1, 0.15) is 0 Å². The molecule has 0 bridgehead atoms. The molecular weight excluding hydrogens is 781 g/mol. The monoisotopic (exact) mass is 810 g/mol. The maximum Gasteiger partial charge on any atom is 0.167 e. The molecule has 0 aliphatic rings. The van der Waals surface area contributed by atoms with Crippen molar-refractivity contribution in [3.05, 3.63) is 182 Å². The highest BCUT2D eigenvalue weighted by molar-refractivity contribution is 7.26. The maximum atomic E-state index is 6.64. The minimum atomic E-state index is 0.525. The summed E-state index contributed by atoms with van der Waals surface area (Å²) >= 11 is 1.76. The normalized spacial score (nSPS) is 12.2. The van der Waals surface area contributed by atoms with Gasteiger partial charge in [-0.2, -0.15) is 0 Å². The van der Waals surface area contributed by atoms with Gasteiger partial charge in [0.1, 0.15) is 22.3 Å². The van der Waals surface area contributed by atoms with Gasteiger partial charge in [-0.3, -0.25) is 0 Å². The third-order valence-electron chi connectivity index (χ3n) is 12.4.